The average Bonchev–Trinajstić information content (AvgIpc) is 0.825. The Morgan fingerprint density at radius 1 is 0.239 bits per heavy atom. The summed E-state index contributed by atoms with van der Waals surface area (Å²) < 4.78 is 86.2. The first-order chi connectivity index (χ1) is 40.9. The maximum Gasteiger partial charge on any atom is 0.469 e. The highest BCUT2D eigenvalue weighted by molar-refractivity contribution is 6.92. The predicted octanol–water partition coefficient (Wildman–Crippen LogP) is 11.5. The zero-order valence-corrected chi connectivity index (χ0v) is 78.7. The van der Waals surface area contributed by atoms with E-state index in [0.717, 1.165) is 49.9 Å². The Bertz CT molecular complexity index is 1800. The van der Waals surface area contributed by atoms with Gasteiger partial charge in [-0.15, -0.1) is 0 Å². The Hall–Kier alpha value is 2.16. The van der Waals surface area contributed by atoms with Gasteiger partial charge >= 0.3 is 43.0 Å². The van der Waals surface area contributed by atoms with Crippen molar-refractivity contribution in [2.24, 2.45) is 0 Å². The van der Waals surface area contributed by atoms with Gasteiger partial charge in [0.2, 0.25) is 0 Å². The molecule has 8 N–H and O–H groups in total. The molecule has 36 heteroatoms. The monoisotopic (exact) mass is 1560 g/mol. The Morgan fingerprint density at radius 2 is 0.457 bits per heavy atom. The van der Waals surface area contributed by atoms with Gasteiger partial charge in [0.15, 0.2) is 74.9 Å². The SMILES string of the molecule is C[Si](C)(C)O[Si](C)(C)CCCOCC(O)CO.C[Si](C)(C)O[Si](C)(C)O[Si](C)(C)O[Si](C)(C)O[Si](C)(C)CCCOCC(O)CO.C[Si](C)(C)O[Si](C)(CCCOCC(O)CO)O[Si](C)(C)C.C[Si](C)(C)O[Si](CCCOCC(O)CO)(O[Si](C)(C)C)O[Si](C)(C)C. The number of hydrogen-bond donors (Lipinski definition) is 8. The first-order valence-electron chi connectivity index (χ1n) is 33.4. The van der Waals surface area contributed by atoms with Gasteiger partial charge in [-0.3, -0.25) is 0 Å². The van der Waals surface area contributed by atoms with E-state index in [1.807, 2.05) is 0 Å². The third-order valence-corrected chi connectivity index (χ3v) is 56.9. The average molecular weight is 1570 g/mol. The van der Waals surface area contributed by atoms with Crippen LogP contribution in [0, 0.1) is 0 Å². The number of ether oxygens (including phenoxy) is 4. The molecule has 0 aliphatic carbocycles. The zero-order valence-electron chi connectivity index (χ0n) is 64.7. The Balaban J connectivity index is -0.000000571. The fourth-order valence-corrected chi connectivity index (χ4v) is 68.7. The number of hydrogen-bond acceptors (Lipinski definition) is 22. The lowest BCUT2D eigenvalue weighted by Gasteiger charge is -2.43. The summed E-state index contributed by atoms with van der Waals surface area (Å²) in [6, 6.07) is 3.65. The van der Waals surface area contributed by atoms with Gasteiger partial charge in [-0.2, -0.15) is 0 Å². The molecule has 4 atom stereocenters. The molecular weight excluding hydrogens is 1420 g/mol. The molecule has 0 amide bonds. The molecule has 4 unspecified atom stereocenters. The molecule has 0 aliphatic rings. The van der Waals surface area contributed by atoms with E-state index in [0.29, 0.717) is 26.4 Å². The van der Waals surface area contributed by atoms with Crippen LogP contribution in [0.3, 0.4) is 0 Å². The summed E-state index contributed by atoms with van der Waals surface area (Å²) in [5, 5.41) is 71.9. The molecular formula is C56H148O22Si14. The topological polar surface area (TPSA) is 291 Å². The second-order valence-corrected chi connectivity index (χ2v) is 92.2. The van der Waals surface area contributed by atoms with Crippen LogP contribution in [0.15, 0.2) is 0 Å². The maximum atomic E-state index is 9.35. The highest BCUT2D eigenvalue weighted by atomic mass is 28.5. The Kier molecular flexibility index (Phi) is 49.5. The van der Waals surface area contributed by atoms with Crippen molar-refractivity contribution >= 4 is 118 Å². The molecule has 0 saturated carbocycles. The number of rotatable bonds is 48. The molecule has 0 radical (unpaired) electrons. The first-order valence-corrected chi connectivity index (χ1v) is 76.4. The van der Waals surface area contributed by atoms with Gasteiger partial charge in [-0.1, -0.05) is 0 Å². The molecule has 0 aliphatic heterocycles. The van der Waals surface area contributed by atoms with Crippen LogP contribution in [-0.2, 0) is 60.1 Å². The molecule has 0 spiro atoms. The highest BCUT2D eigenvalue weighted by Gasteiger charge is 2.50. The van der Waals surface area contributed by atoms with Crippen molar-refractivity contribution in [3.63, 3.8) is 0 Å². The van der Waals surface area contributed by atoms with E-state index < -0.39 is 142 Å². The summed E-state index contributed by atoms with van der Waals surface area (Å²) >= 11 is 0. The van der Waals surface area contributed by atoms with Crippen LogP contribution >= 0.6 is 0 Å². The van der Waals surface area contributed by atoms with Gasteiger partial charge in [0.05, 0.1) is 52.9 Å². The molecule has 22 nitrogen and oxygen atoms in total. The lowest BCUT2D eigenvalue weighted by atomic mass is 10.4. The van der Waals surface area contributed by atoms with Crippen LogP contribution < -0.4 is 0 Å². The van der Waals surface area contributed by atoms with E-state index in [2.05, 4.69) is 210 Å². The molecule has 0 rings (SSSR count). The lowest BCUT2D eigenvalue weighted by Crippen LogP contribution is -2.60. The first kappa shape index (κ1) is 101. The fraction of sp³-hybridized carbons (Fsp3) is 1.00. The summed E-state index contributed by atoms with van der Waals surface area (Å²) in [7, 11) is -27.4. The summed E-state index contributed by atoms with van der Waals surface area (Å²) in [4.78, 5) is 0. The molecule has 560 valence electrons. The molecule has 0 fully saturated rings. The van der Waals surface area contributed by atoms with E-state index in [4.69, 9.17) is 85.6 Å². The van der Waals surface area contributed by atoms with Gasteiger partial charge in [-0.25, -0.2) is 0 Å². The van der Waals surface area contributed by atoms with Crippen molar-refractivity contribution in [1.29, 1.82) is 0 Å². The minimum absolute atomic E-state index is 0.143. The normalized spacial score (nSPS) is 15.4. The second kappa shape index (κ2) is 45.3. The van der Waals surface area contributed by atoms with Crippen molar-refractivity contribution in [2.75, 3.05) is 79.3 Å². The number of aliphatic hydroxyl groups is 8. The molecule has 92 heavy (non-hydrogen) atoms. The van der Waals surface area contributed by atoms with Crippen LogP contribution in [0.2, 0.25) is 234 Å². The van der Waals surface area contributed by atoms with Crippen molar-refractivity contribution in [3.8, 4) is 0 Å². The smallest absolute Gasteiger partial charge is 0.456 e. The van der Waals surface area contributed by atoms with Crippen LogP contribution in [0.5, 0.6) is 0 Å². The zero-order chi connectivity index (χ0) is 73.4. The van der Waals surface area contributed by atoms with Crippen LogP contribution in [-0.4, -0.2) is 262 Å². The van der Waals surface area contributed by atoms with Crippen molar-refractivity contribution in [2.45, 2.75) is 284 Å². The van der Waals surface area contributed by atoms with Crippen LogP contribution in [0.4, 0.5) is 0 Å². The minimum Gasteiger partial charge on any atom is -0.456 e. The lowest BCUT2D eigenvalue weighted by molar-refractivity contribution is 0.00599. The summed E-state index contributed by atoms with van der Waals surface area (Å²) in [6.45, 7) is 71.4. The minimum atomic E-state index is -2.79. The molecule has 0 bridgehead atoms. The molecule has 0 aromatic carbocycles. The largest absolute Gasteiger partial charge is 0.469 e. The van der Waals surface area contributed by atoms with E-state index in [9.17, 15) is 15.3 Å². The van der Waals surface area contributed by atoms with Gasteiger partial charge in [0, 0.05) is 32.5 Å². The summed E-state index contributed by atoms with van der Waals surface area (Å²) in [6.07, 6.45) is 0.270. The fourth-order valence-electron chi connectivity index (χ4n) is 9.79. The third kappa shape index (κ3) is 68.0. The van der Waals surface area contributed by atoms with Gasteiger partial charge < -0.3 is 101 Å². The molecule has 0 aromatic rings. The van der Waals surface area contributed by atoms with Crippen molar-refractivity contribution < 1.29 is 101 Å². The van der Waals surface area contributed by atoms with Gasteiger partial charge in [0.1, 0.15) is 24.4 Å². The van der Waals surface area contributed by atoms with Gasteiger partial charge in [-0.05, 0) is 253 Å². The Morgan fingerprint density at radius 3 is 0.707 bits per heavy atom. The molecule has 0 heterocycles. The maximum absolute atomic E-state index is 9.35. The van der Waals surface area contributed by atoms with Crippen LogP contribution in [0.25, 0.3) is 0 Å². The quantitative estimate of drug-likeness (QED) is 0.0207. The summed E-state index contributed by atoms with van der Waals surface area (Å²) in [5.74, 6) is 0. The van der Waals surface area contributed by atoms with E-state index in [1.54, 1.807) is 0 Å². The molecule has 0 saturated heterocycles. The van der Waals surface area contributed by atoms with Crippen LogP contribution in [0.1, 0.15) is 25.7 Å². The van der Waals surface area contributed by atoms with E-state index in [1.165, 1.54) is 0 Å². The van der Waals surface area contributed by atoms with Crippen molar-refractivity contribution in [1.82, 2.24) is 0 Å². The predicted molar refractivity (Wildman–Crippen MR) is 412 cm³/mol. The highest BCUT2D eigenvalue weighted by Crippen LogP contribution is 2.32. The third-order valence-electron chi connectivity index (χ3n) is 11.0. The summed E-state index contributed by atoms with van der Waals surface area (Å²) in [5.41, 5.74) is 0. The number of aliphatic hydroxyl groups excluding tert-OH is 8. The van der Waals surface area contributed by atoms with Gasteiger partial charge in [0.25, 0.3) is 0 Å². The second-order valence-electron chi connectivity index (χ2n) is 33.4. The van der Waals surface area contributed by atoms with E-state index in [-0.39, 0.29) is 52.9 Å². The Labute approximate surface area is 578 Å². The van der Waals surface area contributed by atoms with Crippen molar-refractivity contribution in [3.05, 3.63) is 0 Å². The standard InChI is InChI=1S/C17H46O7Si5.C15H40O6Si4.C13H34O5Si3.C11H28O4Si2/c1-25(2,3)21-27(6,7)23-29(10,11)24-28(8,9)22-26(4,5)14-12-13-20-16-17(19)15-18;1-22(2,3)19-25(20-23(4,5)6,21-24(7,8)9)12-10-11-18-14-15(17)13-16;1-19(2,3)17-21(7,18-20(4,5)6)10-8-9-16-12-13(15)11-14;1-16(2,3)15-17(4,5)8-6-7-14-10-11(13)9-12/h17-19H,12-16H2,1-11H3;15-17H,10-14H2,1-9H3;13-15H,8-12H2,1-7H3;11-13H,6-10H2,1-5H3. The molecule has 0 aromatic heterocycles. The van der Waals surface area contributed by atoms with E-state index >= 15 is 0 Å².